The average molecular weight is 552 g/mol. The zero-order valence-electron chi connectivity index (χ0n) is 23.9. The van der Waals surface area contributed by atoms with E-state index in [0.717, 1.165) is 41.4 Å². The van der Waals surface area contributed by atoms with E-state index >= 15 is 0 Å². The van der Waals surface area contributed by atoms with Crippen LogP contribution in [0.4, 0.5) is 22.0 Å². The first-order valence-electron chi connectivity index (χ1n) is 14.3. The fourth-order valence-corrected chi connectivity index (χ4v) is 6.07. The number of hydrogen-bond acceptors (Lipinski definition) is 6. The van der Waals surface area contributed by atoms with Crippen LogP contribution in [-0.4, -0.2) is 84.7 Å². The number of fused-ring (bicyclic) bond motifs is 1. The van der Waals surface area contributed by atoms with Gasteiger partial charge in [0, 0.05) is 74.0 Å². The predicted octanol–water partition coefficient (Wildman–Crippen LogP) is 4.74. The van der Waals surface area contributed by atoms with Crippen molar-refractivity contribution in [2.75, 3.05) is 57.5 Å². The van der Waals surface area contributed by atoms with Crippen molar-refractivity contribution in [2.24, 2.45) is 0 Å². The number of piperidine rings is 1. The number of pyridine rings is 1. The standard InChI is InChI=1S/C32H37N7O2/c1-33-32(41)39-17-13-25-18-26(8-9-29(25)39)37(3)27-10-14-34-30(19-27)35-31(40)24-6-4-22(5-7-24)23-11-15-38(16-12-23)28-20-36(2)21-28/h4-10,13-14,17-19,23,28H,11-12,15-16,20-21H2,1-3H3,(H,33,41)(H,34,35,40). The van der Waals surface area contributed by atoms with Crippen molar-refractivity contribution >= 4 is 40.0 Å². The Balaban J connectivity index is 1.08. The molecule has 0 bridgehead atoms. The number of carbonyl (C=O) groups is 2. The number of aromatic nitrogens is 2. The first kappa shape index (κ1) is 27.0. The van der Waals surface area contributed by atoms with Gasteiger partial charge in [-0.15, -0.1) is 0 Å². The number of nitrogens with one attached hydrogen (secondary N) is 2. The van der Waals surface area contributed by atoms with Gasteiger partial charge in [0.15, 0.2) is 0 Å². The van der Waals surface area contributed by atoms with Crippen molar-refractivity contribution in [1.82, 2.24) is 24.7 Å². The van der Waals surface area contributed by atoms with Gasteiger partial charge in [-0.05, 0) is 86.9 Å². The number of rotatable bonds is 6. The van der Waals surface area contributed by atoms with E-state index in [4.69, 9.17) is 0 Å². The third-order valence-corrected chi connectivity index (χ3v) is 8.60. The Hall–Kier alpha value is -4.21. The highest BCUT2D eigenvalue weighted by atomic mass is 16.2. The summed E-state index contributed by atoms with van der Waals surface area (Å²) in [6.45, 7) is 4.68. The van der Waals surface area contributed by atoms with Gasteiger partial charge < -0.3 is 20.4 Å². The molecule has 4 heterocycles. The van der Waals surface area contributed by atoms with Crippen LogP contribution in [0.3, 0.4) is 0 Å². The molecule has 4 aromatic rings. The van der Waals surface area contributed by atoms with Gasteiger partial charge in [0.05, 0.1) is 5.52 Å². The molecule has 2 aromatic carbocycles. The third kappa shape index (κ3) is 5.55. The van der Waals surface area contributed by atoms with Gasteiger partial charge in [0.2, 0.25) is 0 Å². The van der Waals surface area contributed by atoms with Gasteiger partial charge in [-0.25, -0.2) is 9.78 Å². The van der Waals surface area contributed by atoms with Crippen molar-refractivity contribution < 1.29 is 9.59 Å². The lowest BCUT2D eigenvalue weighted by Crippen LogP contribution is -2.59. The number of carbonyl (C=O) groups excluding carboxylic acids is 2. The number of amides is 2. The molecule has 2 aromatic heterocycles. The summed E-state index contributed by atoms with van der Waals surface area (Å²) >= 11 is 0. The summed E-state index contributed by atoms with van der Waals surface area (Å²) in [5.41, 5.74) is 4.61. The molecule has 2 aliphatic heterocycles. The van der Waals surface area contributed by atoms with Crippen molar-refractivity contribution in [1.29, 1.82) is 0 Å². The van der Waals surface area contributed by atoms with Gasteiger partial charge in [0.1, 0.15) is 5.82 Å². The van der Waals surface area contributed by atoms with E-state index in [1.54, 1.807) is 24.0 Å². The molecule has 2 N–H and O–H groups in total. The topological polar surface area (TPSA) is 85.7 Å². The van der Waals surface area contributed by atoms with Crippen LogP contribution in [0.1, 0.15) is 34.7 Å². The largest absolute Gasteiger partial charge is 0.344 e. The van der Waals surface area contributed by atoms with E-state index in [0.29, 0.717) is 17.3 Å². The van der Waals surface area contributed by atoms with Crippen LogP contribution in [0.2, 0.25) is 0 Å². The maximum Gasteiger partial charge on any atom is 0.325 e. The summed E-state index contributed by atoms with van der Waals surface area (Å²) in [6, 6.07) is 20.2. The summed E-state index contributed by atoms with van der Waals surface area (Å²) in [6.07, 6.45) is 5.79. The smallest absolute Gasteiger partial charge is 0.325 e. The van der Waals surface area contributed by atoms with Gasteiger partial charge >= 0.3 is 6.03 Å². The second-order valence-electron chi connectivity index (χ2n) is 11.2. The Bertz CT molecular complexity index is 1550. The number of benzene rings is 2. The van der Waals surface area contributed by atoms with Crippen LogP contribution >= 0.6 is 0 Å². The second kappa shape index (κ2) is 11.3. The molecule has 41 heavy (non-hydrogen) atoms. The number of anilines is 3. The summed E-state index contributed by atoms with van der Waals surface area (Å²) in [7, 11) is 5.76. The van der Waals surface area contributed by atoms with E-state index in [1.165, 1.54) is 31.5 Å². The minimum Gasteiger partial charge on any atom is -0.344 e. The molecule has 212 valence electrons. The number of nitrogens with zero attached hydrogens (tertiary/aromatic N) is 5. The van der Waals surface area contributed by atoms with Crippen LogP contribution in [-0.2, 0) is 0 Å². The highest BCUT2D eigenvalue weighted by molar-refractivity contribution is 6.04. The van der Waals surface area contributed by atoms with Crippen molar-refractivity contribution in [3.63, 3.8) is 0 Å². The Morgan fingerprint density at radius 3 is 2.39 bits per heavy atom. The molecule has 2 fully saturated rings. The zero-order chi connectivity index (χ0) is 28.5. The molecule has 9 nitrogen and oxygen atoms in total. The summed E-state index contributed by atoms with van der Waals surface area (Å²) in [5, 5.41) is 6.57. The van der Waals surface area contributed by atoms with Crippen molar-refractivity contribution in [3.05, 3.63) is 84.2 Å². The SMILES string of the molecule is CNC(=O)n1ccc2cc(N(C)c3ccnc(NC(=O)c4ccc(C5CCN(C6CN(C)C6)CC5)cc4)c3)ccc21. The van der Waals surface area contributed by atoms with Crippen LogP contribution in [0.5, 0.6) is 0 Å². The van der Waals surface area contributed by atoms with E-state index < -0.39 is 0 Å². The van der Waals surface area contributed by atoms with Gasteiger partial charge in [-0.1, -0.05) is 12.1 Å². The highest BCUT2D eigenvalue weighted by Gasteiger charge is 2.32. The van der Waals surface area contributed by atoms with Gasteiger partial charge in [-0.2, -0.15) is 0 Å². The minimum absolute atomic E-state index is 0.176. The number of hydrogen-bond donors (Lipinski definition) is 2. The van der Waals surface area contributed by atoms with Crippen molar-refractivity contribution in [3.8, 4) is 0 Å². The Morgan fingerprint density at radius 2 is 1.68 bits per heavy atom. The molecule has 0 unspecified atom stereocenters. The first-order chi connectivity index (χ1) is 19.9. The predicted molar refractivity (Wildman–Crippen MR) is 163 cm³/mol. The minimum atomic E-state index is -0.178. The molecule has 2 amide bonds. The third-order valence-electron chi connectivity index (χ3n) is 8.60. The van der Waals surface area contributed by atoms with E-state index in [9.17, 15) is 9.59 Å². The molecule has 0 atom stereocenters. The lowest BCUT2D eigenvalue weighted by molar-refractivity contribution is 0.0363. The monoisotopic (exact) mass is 551 g/mol. The maximum atomic E-state index is 13.1. The van der Waals surface area contributed by atoms with Crippen LogP contribution in [0.15, 0.2) is 73.1 Å². The molecule has 6 rings (SSSR count). The molecule has 2 saturated heterocycles. The fraction of sp³-hybridized carbons (Fsp3) is 0.344. The first-order valence-corrected chi connectivity index (χ1v) is 14.3. The number of likely N-dealkylation sites (N-methyl/N-ethyl adjacent to an activating group) is 1. The average Bonchev–Trinajstić information content (AvgIpc) is 3.42. The highest BCUT2D eigenvalue weighted by Crippen LogP contribution is 2.31. The molecule has 0 saturated carbocycles. The maximum absolute atomic E-state index is 13.1. The van der Waals surface area contributed by atoms with Crippen molar-refractivity contribution in [2.45, 2.75) is 24.8 Å². The molecule has 9 heteroatoms. The Morgan fingerprint density at radius 1 is 0.951 bits per heavy atom. The summed E-state index contributed by atoms with van der Waals surface area (Å²) in [5.74, 6) is 0.866. The number of likely N-dealkylation sites (tertiary alicyclic amines) is 2. The summed E-state index contributed by atoms with van der Waals surface area (Å²) in [4.78, 5) is 36.6. The zero-order valence-corrected chi connectivity index (χ0v) is 23.9. The quantitative estimate of drug-likeness (QED) is 0.360. The van der Waals surface area contributed by atoms with Crippen LogP contribution in [0, 0.1) is 0 Å². The Labute approximate surface area is 240 Å². The molecular weight excluding hydrogens is 514 g/mol. The van der Waals surface area contributed by atoms with Gasteiger partial charge in [-0.3, -0.25) is 14.3 Å². The molecular formula is C32H37N7O2. The van der Waals surface area contributed by atoms with E-state index in [1.807, 2.05) is 60.5 Å². The van der Waals surface area contributed by atoms with Crippen LogP contribution in [0.25, 0.3) is 10.9 Å². The second-order valence-corrected chi connectivity index (χ2v) is 11.2. The fourth-order valence-electron chi connectivity index (χ4n) is 6.07. The normalized spacial score (nSPS) is 16.9. The molecule has 0 aliphatic carbocycles. The summed E-state index contributed by atoms with van der Waals surface area (Å²) < 4.78 is 1.59. The van der Waals surface area contributed by atoms with E-state index in [2.05, 4.69) is 44.6 Å². The molecule has 2 aliphatic rings. The van der Waals surface area contributed by atoms with Crippen LogP contribution < -0.4 is 15.5 Å². The van der Waals surface area contributed by atoms with E-state index in [-0.39, 0.29) is 11.9 Å². The lowest BCUT2D eigenvalue weighted by Gasteiger charge is -2.46. The lowest BCUT2D eigenvalue weighted by atomic mass is 9.88. The van der Waals surface area contributed by atoms with Gasteiger partial charge in [0.25, 0.3) is 5.91 Å². The molecule has 0 radical (unpaired) electrons. The molecule has 0 spiro atoms. The Kier molecular flexibility index (Phi) is 7.47.